The number of pyridine rings is 1. The van der Waals surface area contributed by atoms with E-state index in [-0.39, 0.29) is 21.5 Å². The van der Waals surface area contributed by atoms with Gasteiger partial charge in [-0.3, -0.25) is 4.98 Å². The van der Waals surface area contributed by atoms with Gasteiger partial charge in [-0.05, 0) is 30.2 Å². The summed E-state index contributed by atoms with van der Waals surface area (Å²) in [6, 6.07) is 14.2. The molecule has 0 amide bonds. The number of aromatic nitrogens is 1. The Morgan fingerprint density at radius 3 is 2.58 bits per heavy atom. The largest absolute Gasteiger partial charge is 0.256 e. The van der Waals surface area contributed by atoms with E-state index in [0.717, 1.165) is 16.5 Å². The Bertz CT molecular complexity index is 986. The Morgan fingerprint density at radius 1 is 1.00 bits per heavy atom. The van der Waals surface area contributed by atoms with E-state index >= 15 is 0 Å². The van der Waals surface area contributed by atoms with Gasteiger partial charge in [0.25, 0.3) is 0 Å². The monoisotopic (exact) mass is 380 g/mol. The van der Waals surface area contributed by atoms with Crippen LogP contribution in [0, 0.1) is 0 Å². The summed E-state index contributed by atoms with van der Waals surface area (Å²) < 4.78 is 27.3. The number of nitrogens with zero attached hydrogens (tertiary/aromatic N) is 1. The minimum atomic E-state index is -3.72. The van der Waals surface area contributed by atoms with Crippen LogP contribution < -0.4 is 4.72 Å². The Kier molecular flexibility index (Phi) is 5.06. The highest BCUT2D eigenvalue weighted by molar-refractivity contribution is 7.89. The molecule has 0 bridgehead atoms. The molecule has 1 heterocycles. The lowest BCUT2D eigenvalue weighted by atomic mass is 10.1. The highest BCUT2D eigenvalue weighted by atomic mass is 35.5. The lowest BCUT2D eigenvalue weighted by molar-refractivity contribution is 0.582. The van der Waals surface area contributed by atoms with E-state index in [0.29, 0.717) is 6.42 Å². The number of benzene rings is 2. The number of sulfonamides is 1. The molecule has 0 spiro atoms. The molecule has 0 fully saturated rings. The zero-order valence-corrected chi connectivity index (χ0v) is 14.9. The van der Waals surface area contributed by atoms with Gasteiger partial charge >= 0.3 is 0 Å². The summed E-state index contributed by atoms with van der Waals surface area (Å²) >= 11 is 11.9. The maximum Gasteiger partial charge on any atom is 0.242 e. The van der Waals surface area contributed by atoms with Gasteiger partial charge in [0.2, 0.25) is 10.0 Å². The summed E-state index contributed by atoms with van der Waals surface area (Å²) in [6.07, 6.45) is 2.24. The zero-order valence-electron chi connectivity index (χ0n) is 12.5. The first kappa shape index (κ1) is 17.2. The molecule has 124 valence electrons. The van der Waals surface area contributed by atoms with Crippen LogP contribution >= 0.6 is 23.2 Å². The molecule has 0 unspecified atom stereocenters. The first-order chi connectivity index (χ1) is 11.5. The normalized spacial score (nSPS) is 11.8. The fourth-order valence-corrected chi connectivity index (χ4v) is 4.25. The summed E-state index contributed by atoms with van der Waals surface area (Å²) in [5.74, 6) is 0. The molecule has 7 heteroatoms. The van der Waals surface area contributed by atoms with Gasteiger partial charge in [0, 0.05) is 18.1 Å². The van der Waals surface area contributed by atoms with Crippen molar-refractivity contribution in [1.29, 1.82) is 0 Å². The molecule has 24 heavy (non-hydrogen) atoms. The average Bonchev–Trinajstić information content (AvgIpc) is 2.57. The SMILES string of the molecule is O=S(=O)(NCCc1cccc2cccnc12)c1cccc(Cl)c1Cl. The third-order valence-corrected chi connectivity index (χ3v) is 6.04. The number of hydrogen-bond donors (Lipinski definition) is 1. The Morgan fingerprint density at radius 2 is 1.75 bits per heavy atom. The standard InChI is InChI=1S/C17H14Cl2N2O2S/c18-14-7-2-8-15(16(14)19)24(22,23)21-11-9-13-5-1-4-12-6-3-10-20-17(12)13/h1-8,10,21H,9,11H2. The highest BCUT2D eigenvalue weighted by Crippen LogP contribution is 2.28. The minimum absolute atomic E-state index is 0.0206. The second-order valence-electron chi connectivity index (χ2n) is 5.19. The third kappa shape index (κ3) is 3.54. The van der Waals surface area contributed by atoms with Gasteiger partial charge in [-0.25, -0.2) is 13.1 Å². The summed E-state index contributed by atoms with van der Waals surface area (Å²) in [5, 5.41) is 1.26. The topological polar surface area (TPSA) is 59.1 Å². The maximum absolute atomic E-state index is 12.4. The molecular weight excluding hydrogens is 367 g/mol. The Balaban J connectivity index is 1.77. The molecule has 0 aliphatic heterocycles. The molecule has 3 rings (SSSR count). The van der Waals surface area contributed by atoms with Crippen LogP contribution in [0.15, 0.2) is 59.6 Å². The number of hydrogen-bond acceptors (Lipinski definition) is 3. The Labute approximate surface area is 150 Å². The first-order valence-corrected chi connectivity index (χ1v) is 9.49. The molecule has 0 aliphatic rings. The molecule has 1 aromatic heterocycles. The molecule has 0 aliphatic carbocycles. The van der Waals surface area contributed by atoms with Crippen molar-refractivity contribution in [2.45, 2.75) is 11.3 Å². The van der Waals surface area contributed by atoms with Crippen LogP contribution in [-0.4, -0.2) is 19.9 Å². The molecule has 4 nitrogen and oxygen atoms in total. The van der Waals surface area contributed by atoms with E-state index in [9.17, 15) is 8.42 Å². The van der Waals surface area contributed by atoms with Gasteiger partial charge in [-0.15, -0.1) is 0 Å². The number of para-hydroxylation sites is 1. The number of nitrogens with one attached hydrogen (secondary N) is 1. The molecule has 0 saturated carbocycles. The summed E-state index contributed by atoms with van der Waals surface area (Å²) in [5.41, 5.74) is 1.85. The van der Waals surface area contributed by atoms with Crippen molar-refractivity contribution in [1.82, 2.24) is 9.71 Å². The van der Waals surface area contributed by atoms with Gasteiger partial charge in [-0.1, -0.05) is 53.5 Å². The van der Waals surface area contributed by atoms with E-state index < -0.39 is 10.0 Å². The second-order valence-corrected chi connectivity index (χ2v) is 7.71. The maximum atomic E-state index is 12.4. The summed E-state index contributed by atoms with van der Waals surface area (Å²) in [7, 11) is -3.72. The van der Waals surface area contributed by atoms with E-state index in [1.807, 2.05) is 30.3 Å². The second kappa shape index (κ2) is 7.07. The third-order valence-electron chi connectivity index (χ3n) is 3.61. The number of halogens is 2. The van der Waals surface area contributed by atoms with Gasteiger partial charge in [0.15, 0.2) is 0 Å². The van der Waals surface area contributed by atoms with Crippen LogP contribution in [0.1, 0.15) is 5.56 Å². The number of fused-ring (bicyclic) bond motifs is 1. The van der Waals surface area contributed by atoms with Gasteiger partial charge in [-0.2, -0.15) is 0 Å². The van der Waals surface area contributed by atoms with Crippen LogP contribution in [-0.2, 0) is 16.4 Å². The van der Waals surface area contributed by atoms with Crippen molar-refractivity contribution in [3.63, 3.8) is 0 Å². The molecule has 2 aromatic carbocycles. The van der Waals surface area contributed by atoms with Crippen molar-refractivity contribution in [3.8, 4) is 0 Å². The van der Waals surface area contributed by atoms with E-state index in [1.54, 1.807) is 18.3 Å². The number of rotatable bonds is 5. The van der Waals surface area contributed by atoms with Crippen molar-refractivity contribution in [3.05, 3.63) is 70.3 Å². The van der Waals surface area contributed by atoms with Gasteiger partial charge in [0.05, 0.1) is 15.6 Å². The van der Waals surface area contributed by atoms with Crippen LogP contribution in [0.25, 0.3) is 10.9 Å². The lowest BCUT2D eigenvalue weighted by Crippen LogP contribution is -2.26. The molecule has 3 aromatic rings. The Hall–Kier alpha value is -1.66. The van der Waals surface area contributed by atoms with Crippen LogP contribution in [0.5, 0.6) is 0 Å². The van der Waals surface area contributed by atoms with Crippen LogP contribution in [0.4, 0.5) is 0 Å². The van der Waals surface area contributed by atoms with Crippen LogP contribution in [0.2, 0.25) is 10.0 Å². The molecule has 1 N–H and O–H groups in total. The van der Waals surface area contributed by atoms with E-state index in [1.165, 1.54) is 6.07 Å². The van der Waals surface area contributed by atoms with Crippen molar-refractivity contribution < 1.29 is 8.42 Å². The lowest BCUT2D eigenvalue weighted by Gasteiger charge is -2.10. The summed E-state index contributed by atoms with van der Waals surface area (Å²) in [6.45, 7) is 0.237. The fraction of sp³-hybridized carbons (Fsp3) is 0.118. The summed E-state index contributed by atoms with van der Waals surface area (Å²) in [4.78, 5) is 4.34. The van der Waals surface area contributed by atoms with Crippen molar-refractivity contribution >= 4 is 44.1 Å². The van der Waals surface area contributed by atoms with E-state index in [4.69, 9.17) is 23.2 Å². The van der Waals surface area contributed by atoms with Crippen LogP contribution in [0.3, 0.4) is 0 Å². The van der Waals surface area contributed by atoms with Crippen molar-refractivity contribution in [2.24, 2.45) is 0 Å². The zero-order chi connectivity index (χ0) is 17.2. The quantitative estimate of drug-likeness (QED) is 0.725. The van der Waals surface area contributed by atoms with Gasteiger partial charge < -0.3 is 0 Å². The minimum Gasteiger partial charge on any atom is -0.256 e. The smallest absolute Gasteiger partial charge is 0.242 e. The molecule has 0 atom stereocenters. The first-order valence-electron chi connectivity index (χ1n) is 7.25. The average molecular weight is 381 g/mol. The predicted octanol–water partition coefficient (Wildman–Crippen LogP) is 4.06. The molecule has 0 radical (unpaired) electrons. The van der Waals surface area contributed by atoms with Gasteiger partial charge in [0.1, 0.15) is 4.90 Å². The van der Waals surface area contributed by atoms with Crippen molar-refractivity contribution in [2.75, 3.05) is 6.54 Å². The molecular formula is C17H14Cl2N2O2S. The molecule has 0 saturated heterocycles. The predicted molar refractivity (Wildman–Crippen MR) is 97.1 cm³/mol. The van der Waals surface area contributed by atoms with E-state index in [2.05, 4.69) is 9.71 Å². The highest BCUT2D eigenvalue weighted by Gasteiger charge is 2.19. The fourth-order valence-electron chi connectivity index (χ4n) is 2.46.